The minimum absolute atomic E-state index is 0.00124. The summed E-state index contributed by atoms with van der Waals surface area (Å²) in [4.78, 5) is 11.4. The summed E-state index contributed by atoms with van der Waals surface area (Å²) in [7, 11) is 0. The maximum absolute atomic E-state index is 13.1. The number of hydrogen-bond acceptors (Lipinski definition) is 5. The SMILES string of the molecule is Nc1nc(N)nc(-c2cc(F)ccc2Br)n1. The van der Waals surface area contributed by atoms with E-state index in [0.29, 0.717) is 10.0 Å². The molecule has 4 N–H and O–H groups in total. The van der Waals surface area contributed by atoms with Gasteiger partial charge in [0, 0.05) is 10.0 Å². The van der Waals surface area contributed by atoms with Gasteiger partial charge in [0.05, 0.1) is 0 Å². The van der Waals surface area contributed by atoms with Crippen molar-refractivity contribution in [1.29, 1.82) is 0 Å². The molecule has 1 aromatic carbocycles. The van der Waals surface area contributed by atoms with Gasteiger partial charge in [-0.25, -0.2) is 4.39 Å². The monoisotopic (exact) mass is 283 g/mol. The van der Waals surface area contributed by atoms with E-state index in [9.17, 15) is 4.39 Å². The Balaban J connectivity index is 2.62. The number of nitrogens with two attached hydrogens (primary N) is 2. The fraction of sp³-hybridized carbons (Fsp3) is 0. The lowest BCUT2D eigenvalue weighted by atomic mass is 10.2. The molecule has 0 aliphatic rings. The highest BCUT2D eigenvalue weighted by atomic mass is 79.9. The summed E-state index contributed by atoms with van der Waals surface area (Å²) in [5.41, 5.74) is 11.3. The molecule has 0 spiro atoms. The van der Waals surface area contributed by atoms with Gasteiger partial charge < -0.3 is 11.5 Å². The quantitative estimate of drug-likeness (QED) is 0.830. The Hall–Kier alpha value is -1.76. The number of hydrogen-bond donors (Lipinski definition) is 2. The molecule has 0 aliphatic heterocycles. The lowest BCUT2D eigenvalue weighted by Gasteiger charge is -2.04. The molecule has 0 aliphatic carbocycles. The molecule has 82 valence electrons. The van der Waals surface area contributed by atoms with Gasteiger partial charge in [-0.3, -0.25) is 0 Å². The van der Waals surface area contributed by atoms with Crippen LogP contribution in [0.5, 0.6) is 0 Å². The molecule has 2 aromatic rings. The van der Waals surface area contributed by atoms with Gasteiger partial charge in [-0.2, -0.15) is 15.0 Å². The van der Waals surface area contributed by atoms with E-state index in [0.717, 1.165) is 0 Å². The zero-order valence-corrected chi connectivity index (χ0v) is 9.57. The van der Waals surface area contributed by atoms with Gasteiger partial charge in [0.2, 0.25) is 11.9 Å². The first kappa shape index (κ1) is 10.7. The Kier molecular flexibility index (Phi) is 2.69. The van der Waals surface area contributed by atoms with Gasteiger partial charge in [-0.15, -0.1) is 0 Å². The Morgan fingerprint density at radius 3 is 2.31 bits per heavy atom. The maximum atomic E-state index is 13.1. The zero-order chi connectivity index (χ0) is 11.7. The molecule has 1 heterocycles. The summed E-state index contributed by atoms with van der Waals surface area (Å²) in [6.45, 7) is 0. The van der Waals surface area contributed by atoms with Crippen molar-refractivity contribution in [1.82, 2.24) is 15.0 Å². The Bertz CT molecular complexity index is 525. The highest BCUT2D eigenvalue weighted by molar-refractivity contribution is 9.10. The first-order valence-electron chi connectivity index (χ1n) is 4.28. The molecular weight excluding hydrogens is 277 g/mol. The number of nitrogen functional groups attached to an aromatic ring is 2. The van der Waals surface area contributed by atoms with E-state index in [1.54, 1.807) is 6.07 Å². The fourth-order valence-electron chi connectivity index (χ4n) is 1.20. The van der Waals surface area contributed by atoms with Crippen LogP contribution in [-0.2, 0) is 0 Å². The topological polar surface area (TPSA) is 90.7 Å². The Morgan fingerprint density at radius 2 is 1.69 bits per heavy atom. The highest BCUT2D eigenvalue weighted by Gasteiger charge is 2.09. The van der Waals surface area contributed by atoms with E-state index in [1.165, 1.54) is 12.1 Å². The molecule has 0 unspecified atom stereocenters. The van der Waals surface area contributed by atoms with Crippen molar-refractivity contribution < 1.29 is 4.39 Å². The second-order valence-electron chi connectivity index (χ2n) is 3.00. The highest BCUT2D eigenvalue weighted by Crippen LogP contribution is 2.26. The smallest absolute Gasteiger partial charge is 0.225 e. The predicted molar refractivity (Wildman–Crippen MR) is 61.7 cm³/mol. The lowest BCUT2D eigenvalue weighted by Crippen LogP contribution is -2.04. The van der Waals surface area contributed by atoms with Gasteiger partial charge in [0.1, 0.15) is 5.82 Å². The Morgan fingerprint density at radius 1 is 1.06 bits per heavy atom. The van der Waals surface area contributed by atoms with Crippen molar-refractivity contribution in [2.75, 3.05) is 11.5 Å². The van der Waals surface area contributed by atoms with Gasteiger partial charge in [-0.05, 0) is 18.2 Å². The van der Waals surface area contributed by atoms with Gasteiger partial charge >= 0.3 is 0 Å². The number of benzene rings is 1. The summed E-state index contributed by atoms with van der Waals surface area (Å²) in [6.07, 6.45) is 0. The Labute approximate surface area is 98.9 Å². The molecule has 1 aromatic heterocycles. The van der Waals surface area contributed by atoms with Crippen molar-refractivity contribution in [2.24, 2.45) is 0 Å². The van der Waals surface area contributed by atoms with E-state index < -0.39 is 5.82 Å². The first-order valence-corrected chi connectivity index (χ1v) is 5.08. The van der Waals surface area contributed by atoms with E-state index in [1.807, 2.05) is 0 Å². The molecule has 0 amide bonds. The van der Waals surface area contributed by atoms with E-state index in [-0.39, 0.29) is 17.7 Å². The third-order valence-electron chi connectivity index (χ3n) is 1.84. The number of rotatable bonds is 1. The summed E-state index contributed by atoms with van der Waals surface area (Å²) >= 11 is 3.27. The van der Waals surface area contributed by atoms with E-state index in [4.69, 9.17) is 11.5 Å². The summed E-state index contributed by atoms with van der Waals surface area (Å²) in [6, 6.07) is 4.17. The van der Waals surface area contributed by atoms with Crippen LogP contribution >= 0.6 is 15.9 Å². The van der Waals surface area contributed by atoms with Crippen molar-refractivity contribution in [3.05, 3.63) is 28.5 Å². The largest absolute Gasteiger partial charge is 0.368 e. The number of nitrogens with zero attached hydrogens (tertiary/aromatic N) is 3. The fourth-order valence-corrected chi connectivity index (χ4v) is 1.62. The average molecular weight is 284 g/mol. The maximum Gasteiger partial charge on any atom is 0.225 e. The lowest BCUT2D eigenvalue weighted by molar-refractivity contribution is 0.628. The molecule has 0 fully saturated rings. The van der Waals surface area contributed by atoms with Crippen LogP contribution in [0.4, 0.5) is 16.3 Å². The second kappa shape index (κ2) is 4.01. The minimum Gasteiger partial charge on any atom is -0.368 e. The molecule has 7 heteroatoms. The summed E-state index contributed by atoms with van der Waals surface area (Å²) < 4.78 is 13.7. The molecule has 0 saturated carbocycles. The first-order chi connectivity index (χ1) is 7.56. The van der Waals surface area contributed by atoms with Crippen molar-refractivity contribution in [2.45, 2.75) is 0 Å². The predicted octanol–water partition coefficient (Wildman–Crippen LogP) is 1.60. The van der Waals surface area contributed by atoms with Crippen molar-refractivity contribution >= 4 is 27.8 Å². The van der Waals surface area contributed by atoms with Crippen LogP contribution in [0.15, 0.2) is 22.7 Å². The third kappa shape index (κ3) is 2.08. The van der Waals surface area contributed by atoms with Gasteiger partial charge in [0.25, 0.3) is 0 Å². The van der Waals surface area contributed by atoms with Crippen LogP contribution in [0.1, 0.15) is 0 Å². The summed E-state index contributed by atoms with van der Waals surface area (Å²) in [5.74, 6) is -0.163. The van der Waals surface area contributed by atoms with Crippen LogP contribution in [-0.4, -0.2) is 15.0 Å². The standard InChI is InChI=1S/C9H7BrFN5/c10-6-2-1-4(11)3-5(6)7-14-8(12)16-9(13)15-7/h1-3H,(H4,12,13,14,15,16). The second-order valence-corrected chi connectivity index (χ2v) is 3.85. The van der Waals surface area contributed by atoms with Crippen molar-refractivity contribution in [3.8, 4) is 11.4 Å². The third-order valence-corrected chi connectivity index (χ3v) is 2.53. The zero-order valence-electron chi connectivity index (χ0n) is 7.98. The number of halogens is 2. The van der Waals surface area contributed by atoms with Crippen LogP contribution in [0.25, 0.3) is 11.4 Å². The van der Waals surface area contributed by atoms with Crippen LogP contribution in [0.2, 0.25) is 0 Å². The van der Waals surface area contributed by atoms with E-state index in [2.05, 4.69) is 30.9 Å². The molecule has 0 radical (unpaired) electrons. The number of anilines is 2. The minimum atomic E-state index is -0.393. The van der Waals surface area contributed by atoms with Crippen LogP contribution in [0.3, 0.4) is 0 Å². The molecule has 0 atom stereocenters. The molecule has 5 nitrogen and oxygen atoms in total. The normalized spacial score (nSPS) is 10.4. The molecule has 0 bridgehead atoms. The van der Waals surface area contributed by atoms with Crippen LogP contribution < -0.4 is 11.5 Å². The van der Waals surface area contributed by atoms with E-state index >= 15 is 0 Å². The average Bonchev–Trinajstić information content (AvgIpc) is 2.20. The van der Waals surface area contributed by atoms with Crippen LogP contribution in [0, 0.1) is 5.82 Å². The molecule has 0 saturated heterocycles. The van der Waals surface area contributed by atoms with Crippen molar-refractivity contribution in [3.63, 3.8) is 0 Å². The number of aromatic nitrogens is 3. The molecular formula is C9H7BrFN5. The summed E-state index contributed by atoms with van der Waals surface area (Å²) in [5, 5.41) is 0. The molecule has 2 rings (SSSR count). The van der Waals surface area contributed by atoms with Gasteiger partial charge in [0.15, 0.2) is 5.82 Å². The molecule has 16 heavy (non-hydrogen) atoms. The van der Waals surface area contributed by atoms with Gasteiger partial charge in [-0.1, -0.05) is 15.9 Å².